The summed E-state index contributed by atoms with van der Waals surface area (Å²) in [6.07, 6.45) is -4.52. The van der Waals surface area contributed by atoms with Crippen molar-refractivity contribution in [2.75, 3.05) is 6.54 Å². The lowest BCUT2D eigenvalue weighted by atomic mass is 9.92. The molecule has 14 heteroatoms. The van der Waals surface area contributed by atoms with E-state index < -0.39 is 66.6 Å². The zero-order valence-corrected chi connectivity index (χ0v) is 14.6. The fourth-order valence-corrected chi connectivity index (χ4v) is 2.45. The molecule has 0 fully saturated rings. The van der Waals surface area contributed by atoms with Crippen LogP contribution in [0.2, 0.25) is 0 Å². The van der Waals surface area contributed by atoms with Crippen LogP contribution in [-0.2, 0) is 19.0 Å². The Hall–Kier alpha value is -3.00. The van der Waals surface area contributed by atoms with Gasteiger partial charge in [0.1, 0.15) is 18.3 Å². The quantitative estimate of drug-likeness (QED) is 0.119. The maximum atomic E-state index is 11.5. The summed E-state index contributed by atoms with van der Waals surface area (Å²) in [7, 11) is 1.11. The third-order valence-electron chi connectivity index (χ3n) is 3.61. The van der Waals surface area contributed by atoms with Crippen LogP contribution in [0, 0.1) is 5.41 Å². The van der Waals surface area contributed by atoms with Gasteiger partial charge in [-0.3, -0.25) is 10.2 Å². The number of carboxylic acids is 1. The van der Waals surface area contributed by atoms with Crippen LogP contribution in [0.3, 0.4) is 0 Å². The molecule has 0 aromatic rings. The normalized spacial score (nSPS) is 23.7. The molecule has 0 bridgehead atoms. The first-order chi connectivity index (χ1) is 12.6. The van der Waals surface area contributed by atoms with E-state index in [9.17, 15) is 29.7 Å². The number of guanidine groups is 1. The summed E-state index contributed by atoms with van der Waals surface area (Å²) < 4.78 is 9.57. The van der Waals surface area contributed by atoms with E-state index in [4.69, 9.17) is 15.9 Å². The van der Waals surface area contributed by atoms with Crippen molar-refractivity contribution >= 4 is 32.0 Å². The maximum Gasteiger partial charge on any atom is 0.388 e. The van der Waals surface area contributed by atoms with Gasteiger partial charge in [0.2, 0.25) is 11.7 Å². The first-order valence-electron chi connectivity index (χ1n) is 7.74. The molecular weight excluding hydrogens is 365 g/mol. The zero-order valence-electron chi connectivity index (χ0n) is 14.6. The summed E-state index contributed by atoms with van der Waals surface area (Å²) in [4.78, 5) is 33.9. The number of hydrogen-bond donors (Lipinski definition) is 8. The van der Waals surface area contributed by atoms with Crippen LogP contribution in [0.5, 0.6) is 0 Å². The lowest BCUT2D eigenvalue weighted by molar-refractivity contribution is -0.144. The molecule has 9 N–H and O–H groups in total. The van der Waals surface area contributed by atoms with Gasteiger partial charge >= 0.3 is 20.1 Å². The largest absolute Gasteiger partial charge is 0.528 e. The van der Waals surface area contributed by atoms with Crippen LogP contribution >= 0.6 is 0 Å². The number of amides is 2. The number of aliphatic carboxylic acids is 1. The van der Waals surface area contributed by atoms with E-state index in [-0.39, 0.29) is 0 Å². The summed E-state index contributed by atoms with van der Waals surface area (Å²) in [5, 5.41) is 44.1. The van der Waals surface area contributed by atoms with Crippen LogP contribution < -0.4 is 21.7 Å². The summed E-state index contributed by atoms with van der Waals surface area (Å²) in [5.74, 6) is -3.09. The number of nitrogens with one attached hydrogen (secondary N) is 4. The lowest BCUT2D eigenvalue weighted by Crippen LogP contribution is -2.64. The molecule has 150 valence electrons. The molecule has 2 amide bonds. The van der Waals surface area contributed by atoms with Gasteiger partial charge < -0.3 is 46.4 Å². The number of carbonyl (C=O) groups excluding carboxylic acids is 2. The highest BCUT2D eigenvalue weighted by molar-refractivity contribution is 6.04. The Labute approximate surface area is 154 Å². The molecule has 0 spiro atoms. The third kappa shape index (κ3) is 6.34. The van der Waals surface area contributed by atoms with Crippen molar-refractivity contribution in [3.05, 3.63) is 11.8 Å². The molecule has 27 heavy (non-hydrogen) atoms. The molecule has 0 saturated heterocycles. The number of carbonyl (C=O) groups is 3. The van der Waals surface area contributed by atoms with Crippen molar-refractivity contribution in [1.82, 2.24) is 16.0 Å². The number of ether oxygens (including phenoxy) is 1. The smallest absolute Gasteiger partial charge is 0.388 e. The molecule has 0 aliphatic carbocycles. The molecular formula is C13H22BN5O8. The van der Waals surface area contributed by atoms with Crippen LogP contribution in [0.1, 0.15) is 6.92 Å². The van der Waals surface area contributed by atoms with E-state index in [1.807, 2.05) is 0 Å². The molecule has 0 unspecified atom stereocenters. The Morgan fingerprint density at radius 2 is 2.04 bits per heavy atom. The number of carboxylic acid groups (broad SMARTS) is 1. The molecule has 13 nitrogen and oxygen atoms in total. The van der Waals surface area contributed by atoms with E-state index >= 15 is 0 Å². The van der Waals surface area contributed by atoms with Crippen molar-refractivity contribution in [2.24, 2.45) is 5.73 Å². The van der Waals surface area contributed by atoms with Gasteiger partial charge in [-0.1, -0.05) is 0 Å². The molecule has 0 aromatic heterocycles. The summed E-state index contributed by atoms with van der Waals surface area (Å²) in [5.41, 5.74) is 5.28. The Morgan fingerprint density at radius 3 is 2.52 bits per heavy atom. The summed E-state index contributed by atoms with van der Waals surface area (Å²) >= 11 is 0. The van der Waals surface area contributed by atoms with Gasteiger partial charge in [0.25, 0.3) is 0 Å². The van der Waals surface area contributed by atoms with Gasteiger partial charge in [0, 0.05) is 13.5 Å². The Morgan fingerprint density at radius 1 is 1.41 bits per heavy atom. The Kier molecular flexibility index (Phi) is 7.87. The second kappa shape index (κ2) is 9.63. The topological polar surface area (TPSA) is 216 Å². The van der Waals surface area contributed by atoms with Crippen molar-refractivity contribution in [1.29, 1.82) is 5.41 Å². The van der Waals surface area contributed by atoms with Gasteiger partial charge in [-0.2, -0.15) is 0 Å². The minimum atomic E-state index is -1.72. The van der Waals surface area contributed by atoms with Gasteiger partial charge in [0.15, 0.2) is 5.96 Å². The monoisotopic (exact) mass is 387 g/mol. The van der Waals surface area contributed by atoms with Gasteiger partial charge in [-0.05, 0) is 6.08 Å². The average molecular weight is 387 g/mol. The fraction of sp³-hybridized carbons (Fsp3) is 0.538. The molecule has 1 heterocycles. The highest BCUT2D eigenvalue weighted by atomic mass is 16.5. The number of nitrogens with two attached hydrogens (primary N) is 1. The highest BCUT2D eigenvalue weighted by Crippen LogP contribution is 2.23. The molecule has 0 radical (unpaired) electrons. The minimum absolute atomic E-state index is 0.433. The first-order valence-corrected chi connectivity index (χ1v) is 7.74. The molecule has 0 saturated carbocycles. The van der Waals surface area contributed by atoms with Crippen molar-refractivity contribution in [3.8, 4) is 0 Å². The van der Waals surface area contributed by atoms with Crippen molar-refractivity contribution in [3.63, 3.8) is 0 Å². The number of rotatable bonds is 7. The van der Waals surface area contributed by atoms with Crippen LogP contribution in [-0.4, -0.2) is 84.2 Å². The summed E-state index contributed by atoms with van der Waals surface area (Å²) in [6.45, 7) is 0.747. The van der Waals surface area contributed by atoms with Gasteiger partial charge in [-0.15, -0.1) is 0 Å². The predicted molar refractivity (Wildman–Crippen MR) is 92.1 cm³/mol. The van der Waals surface area contributed by atoms with Crippen molar-refractivity contribution in [2.45, 2.75) is 37.3 Å². The number of hydrogen-bond acceptors (Lipinski definition) is 8. The Balaban J connectivity index is 3.11. The highest BCUT2D eigenvalue weighted by Gasteiger charge is 2.43. The van der Waals surface area contributed by atoms with Crippen molar-refractivity contribution < 1.29 is 39.1 Å². The number of aliphatic hydroxyl groups is 2. The van der Waals surface area contributed by atoms with E-state index in [1.165, 1.54) is 6.92 Å². The second-order valence-electron chi connectivity index (χ2n) is 5.66. The fourth-order valence-electron chi connectivity index (χ4n) is 2.45. The lowest BCUT2D eigenvalue weighted by Gasteiger charge is -2.40. The minimum Gasteiger partial charge on any atom is -0.528 e. The molecule has 1 aliphatic heterocycles. The molecule has 1 aliphatic rings. The van der Waals surface area contributed by atoms with E-state index in [0.717, 1.165) is 14.1 Å². The maximum absolute atomic E-state index is 11.5. The summed E-state index contributed by atoms with van der Waals surface area (Å²) in [6, 6.07) is -2.11. The van der Waals surface area contributed by atoms with Crippen LogP contribution in [0.4, 0.5) is 4.79 Å². The molecule has 1 rings (SSSR count). The number of aliphatic hydroxyl groups excluding tert-OH is 2. The third-order valence-corrected chi connectivity index (χ3v) is 3.61. The predicted octanol–water partition coefficient (Wildman–Crippen LogP) is -4.29. The molecule has 0 aromatic carbocycles. The van der Waals surface area contributed by atoms with E-state index in [1.54, 1.807) is 0 Å². The van der Waals surface area contributed by atoms with Gasteiger partial charge in [0.05, 0.1) is 12.1 Å². The zero-order chi connectivity index (χ0) is 20.7. The average Bonchev–Trinajstić information content (AvgIpc) is 2.58. The Bertz CT molecular complexity index is 630. The first kappa shape index (κ1) is 22.0. The van der Waals surface area contributed by atoms with E-state index in [2.05, 4.69) is 20.6 Å². The van der Waals surface area contributed by atoms with Crippen LogP contribution in [0.15, 0.2) is 11.8 Å². The van der Waals surface area contributed by atoms with E-state index in [0.29, 0.717) is 0 Å². The van der Waals surface area contributed by atoms with Gasteiger partial charge in [-0.25, -0.2) is 9.59 Å². The second-order valence-corrected chi connectivity index (χ2v) is 5.66. The standard InChI is InChI=1S/C13H22BN5O8/c1-4(20)18-8-5(19-12(15)16)2-7(11(23)24)26-10(8)9(22)6(21)3-17-13(25)27-14/h2,5-6,8-10,21-22H,3,14H2,1H3,(H,17,25)(H,18,20)(H,23,24)(H4,15,16,19)/t5-,6+,8+,9+,10+/m0/s1. The molecule has 5 atom stereocenters. The van der Waals surface area contributed by atoms with Crippen LogP contribution in [0.25, 0.3) is 0 Å². The SMILES string of the molecule is BOC(=O)NC[C@@H](O)[C@@H](O)[C@@H]1OC(C(=O)O)=C[C@H](NC(=N)N)[C@H]1NC(C)=O.